The predicted octanol–water partition coefficient (Wildman–Crippen LogP) is 4.86. The first-order valence-electron chi connectivity index (χ1n) is 7.86. The molecule has 1 aliphatic carbocycles. The Morgan fingerprint density at radius 1 is 1.25 bits per heavy atom. The third-order valence-corrected chi connectivity index (χ3v) is 4.47. The number of benzene rings is 2. The van der Waals surface area contributed by atoms with Crippen LogP contribution in [0.1, 0.15) is 34.7 Å². The van der Waals surface area contributed by atoms with Crippen LogP contribution in [0.25, 0.3) is 22.3 Å². The van der Waals surface area contributed by atoms with E-state index >= 15 is 0 Å². The summed E-state index contributed by atoms with van der Waals surface area (Å²) < 4.78 is 19.0. The first-order valence-corrected chi connectivity index (χ1v) is 7.86. The first kappa shape index (κ1) is 14.8. The molecule has 5 heteroatoms. The van der Waals surface area contributed by atoms with Crippen LogP contribution in [0.3, 0.4) is 0 Å². The third kappa shape index (κ3) is 2.33. The predicted molar refractivity (Wildman–Crippen MR) is 90.1 cm³/mol. The van der Waals surface area contributed by atoms with Gasteiger partial charge in [-0.25, -0.2) is 9.18 Å². The Hall–Kier alpha value is -2.82. The van der Waals surface area contributed by atoms with Crippen molar-refractivity contribution in [3.05, 3.63) is 53.3 Å². The molecule has 24 heavy (non-hydrogen) atoms. The smallest absolute Gasteiger partial charge is 0.340 e. The molecule has 122 valence electrons. The highest BCUT2D eigenvalue weighted by Gasteiger charge is 2.29. The number of carboxylic acid groups (broad SMARTS) is 1. The number of nitrogens with one attached hydrogen (secondary N) is 1. The van der Waals surface area contributed by atoms with E-state index in [0.717, 1.165) is 24.1 Å². The highest BCUT2D eigenvalue weighted by Crippen LogP contribution is 2.46. The largest absolute Gasteiger partial charge is 0.478 e. The Bertz CT molecular complexity index is 939. The fourth-order valence-electron chi connectivity index (χ4n) is 3.13. The van der Waals surface area contributed by atoms with Gasteiger partial charge in [0.15, 0.2) is 0 Å². The van der Waals surface area contributed by atoms with Gasteiger partial charge in [-0.15, -0.1) is 0 Å². The molecule has 1 aliphatic rings. The van der Waals surface area contributed by atoms with Crippen molar-refractivity contribution in [3.63, 3.8) is 0 Å². The lowest BCUT2D eigenvalue weighted by Gasteiger charge is -2.08. The molecule has 0 atom stereocenters. The molecule has 2 N–H and O–H groups in total. The van der Waals surface area contributed by atoms with Gasteiger partial charge in [0.1, 0.15) is 22.7 Å². The van der Waals surface area contributed by atoms with Crippen LogP contribution in [0.15, 0.2) is 40.8 Å². The van der Waals surface area contributed by atoms with E-state index in [9.17, 15) is 14.3 Å². The van der Waals surface area contributed by atoms with E-state index in [1.54, 1.807) is 0 Å². The summed E-state index contributed by atoms with van der Waals surface area (Å²) in [6, 6.07) is 9.41. The summed E-state index contributed by atoms with van der Waals surface area (Å²) in [5, 5.41) is 13.4. The number of halogens is 1. The molecule has 0 bridgehead atoms. The molecule has 4 nitrogen and oxygen atoms in total. The summed E-state index contributed by atoms with van der Waals surface area (Å²) in [5.41, 5.74) is 3.27. The maximum Gasteiger partial charge on any atom is 0.340 e. The molecule has 0 radical (unpaired) electrons. The molecule has 0 saturated heterocycles. The number of carbonyl (C=O) groups is 1. The van der Waals surface area contributed by atoms with Crippen LogP contribution in [0, 0.1) is 5.82 Å². The van der Waals surface area contributed by atoms with Crippen molar-refractivity contribution < 1.29 is 18.7 Å². The van der Waals surface area contributed by atoms with Gasteiger partial charge < -0.3 is 14.8 Å². The van der Waals surface area contributed by atoms with Crippen molar-refractivity contribution in [1.29, 1.82) is 0 Å². The zero-order chi connectivity index (χ0) is 16.8. The summed E-state index contributed by atoms with van der Waals surface area (Å²) in [4.78, 5) is 11.8. The van der Waals surface area contributed by atoms with Crippen molar-refractivity contribution in [2.24, 2.45) is 0 Å². The Kier molecular flexibility index (Phi) is 3.30. The van der Waals surface area contributed by atoms with Crippen molar-refractivity contribution in [2.45, 2.75) is 18.8 Å². The molecule has 2 aromatic carbocycles. The van der Waals surface area contributed by atoms with Crippen LogP contribution < -0.4 is 5.32 Å². The lowest BCUT2D eigenvalue weighted by Crippen LogP contribution is -1.98. The molecule has 1 fully saturated rings. The molecule has 0 unspecified atom stereocenters. The van der Waals surface area contributed by atoms with Gasteiger partial charge in [-0.3, -0.25) is 0 Å². The van der Waals surface area contributed by atoms with Gasteiger partial charge in [-0.1, -0.05) is 0 Å². The Labute approximate surface area is 137 Å². The molecule has 4 rings (SSSR count). The Morgan fingerprint density at radius 2 is 1.96 bits per heavy atom. The van der Waals surface area contributed by atoms with Gasteiger partial charge in [-0.05, 0) is 54.7 Å². The molecule has 1 aromatic heterocycles. The normalized spacial score (nSPS) is 14.1. The second kappa shape index (κ2) is 5.37. The number of rotatable bonds is 4. The van der Waals surface area contributed by atoms with Crippen LogP contribution in [0.2, 0.25) is 0 Å². The van der Waals surface area contributed by atoms with E-state index in [1.165, 1.54) is 24.3 Å². The summed E-state index contributed by atoms with van der Waals surface area (Å²) in [7, 11) is 1.84. The number of carboxylic acids is 1. The van der Waals surface area contributed by atoms with E-state index < -0.39 is 5.97 Å². The molecule has 1 saturated carbocycles. The van der Waals surface area contributed by atoms with Crippen molar-refractivity contribution in [1.82, 2.24) is 0 Å². The van der Waals surface area contributed by atoms with E-state index in [2.05, 4.69) is 5.32 Å². The Balaban J connectivity index is 1.98. The second-order valence-corrected chi connectivity index (χ2v) is 6.08. The van der Waals surface area contributed by atoms with Gasteiger partial charge in [0.05, 0.1) is 0 Å². The minimum atomic E-state index is -1.05. The number of hydrogen-bond donors (Lipinski definition) is 2. The van der Waals surface area contributed by atoms with Crippen molar-refractivity contribution >= 4 is 22.6 Å². The minimum absolute atomic E-state index is 0.126. The number of anilines is 1. The molecule has 0 amide bonds. The SMILES string of the molecule is CNc1cc2oc(-c3ccc(F)cc3)c(C(=O)O)c2cc1C1CC1. The average Bonchev–Trinajstić information content (AvgIpc) is 3.34. The maximum atomic E-state index is 13.2. The topological polar surface area (TPSA) is 62.5 Å². The lowest BCUT2D eigenvalue weighted by molar-refractivity contribution is 0.0699. The highest BCUT2D eigenvalue weighted by atomic mass is 19.1. The van der Waals surface area contributed by atoms with Crippen LogP contribution in [0.4, 0.5) is 10.1 Å². The van der Waals surface area contributed by atoms with Gasteiger partial charge in [-0.2, -0.15) is 0 Å². The quantitative estimate of drug-likeness (QED) is 0.719. The van der Waals surface area contributed by atoms with Crippen LogP contribution in [-0.4, -0.2) is 18.1 Å². The van der Waals surface area contributed by atoms with Gasteiger partial charge in [0.25, 0.3) is 0 Å². The van der Waals surface area contributed by atoms with Crippen LogP contribution in [0.5, 0.6) is 0 Å². The fourth-order valence-corrected chi connectivity index (χ4v) is 3.13. The van der Waals surface area contributed by atoms with Gasteiger partial charge in [0.2, 0.25) is 0 Å². The molecular weight excluding hydrogens is 309 g/mol. The average molecular weight is 325 g/mol. The number of furan rings is 1. The first-order chi connectivity index (χ1) is 11.6. The van der Waals surface area contributed by atoms with Gasteiger partial charge >= 0.3 is 5.97 Å². The number of aromatic carboxylic acids is 1. The minimum Gasteiger partial charge on any atom is -0.478 e. The molecular formula is C19H16FNO3. The summed E-state index contributed by atoms with van der Waals surface area (Å²) in [5.74, 6) is -0.692. The van der Waals surface area contributed by atoms with E-state index in [-0.39, 0.29) is 17.1 Å². The van der Waals surface area contributed by atoms with Crippen molar-refractivity contribution in [2.75, 3.05) is 12.4 Å². The second-order valence-electron chi connectivity index (χ2n) is 6.08. The number of fused-ring (bicyclic) bond motifs is 1. The van der Waals surface area contributed by atoms with E-state index in [0.29, 0.717) is 22.5 Å². The molecule has 3 aromatic rings. The van der Waals surface area contributed by atoms with Crippen LogP contribution in [-0.2, 0) is 0 Å². The number of hydrogen-bond acceptors (Lipinski definition) is 3. The Morgan fingerprint density at radius 3 is 2.54 bits per heavy atom. The molecule has 0 aliphatic heterocycles. The van der Waals surface area contributed by atoms with E-state index in [4.69, 9.17) is 4.42 Å². The zero-order valence-corrected chi connectivity index (χ0v) is 13.1. The fraction of sp³-hybridized carbons (Fsp3) is 0.211. The summed E-state index contributed by atoms with van der Waals surface area (Å²) in [6.07, 6.45) is 2.23. The monoisotopic (exact) mass is 325 g/mol. The standard InChI is InChI=1S/C19H16FNO3/c1-21-15-9-16-14(8-13(15)10-2-3-10)17(19(22)23)18(24-16)11-4-6-12(20)7-5-11/h4-10,21H,2-3H2,1H3,(H,22,23). The third-order valence-electron chi connectivity index (χ3n) is 4.47. The van der Waals surface area contributed by atoms with Gasteiger partial charge in [0, 0.05) is 29.8 Å². The maximum absolute atomic E-state index is 13.2. The molecule has 1 heterocycles. The van der Waals surface area contributed by atoms with Crippen LogP contribution >= 0.6 is 0 Å². The molecule has 0 spiro atoms. The highest BCUT2D eigenvalue weighted by molar-refractivity contribution is 6.08. The van der Waals surface area contributed by atoms with Crippen molar-refractivity contribution in [3.8, 4) is 11.3 Å². The summed E-state index contributed by atoms with van der Waals surface area (Å²) in [6.45, 7) is 0. The lowest BCUT2D eigenvalue weighted by atomic mass is 10.0. The summed E-state index contributed by atoms with van der Waals surface area (Å²) >= 11 is 0. The zero-order valence-electron chi connectivity index (χ0n) is 13.1. The van der Waals surface area contributed by atoms with E-state index in [1.807, 2.05) is 19.2 Å².